The van der Waals surface area contributed by atoms with Crippen LogP contribution in [0.15, 0.2) is 42.5 Å². The Kier molecular flexibility index (Phi) is 3.68. The van der Waals surface area contributed by atoms with Gasteiger partial charge in [0.05, 0.1) is 5.92 Å². The quantitative estimate of drug-likeness (QED) is 0.936. The van der Waals surface area contributed by atoms with E-state index in [1.54, 1.807) is 0 Å². The van der Waals surface area contributed by atoms with Crippen molar-refractivity contribution in [1.29, 1.82) is 0 Å². The Morgan fingerprint density at radius 1 is 1.19 bits per heavy atom. The van der Waals surface area contributed by atoms with Gasteiger partial charge in [-0.1, -0.05) is 43.3 Å². The summed E-state index contributed by atoms with van der Waals surface area (Å²) in [5.41, 5.74) is 1.26. The molecule has 2 aromatic rings. The monoisotopic (exact) mass is 283 g/mol. The summed E-state index contributed by atoms with van der Waals surface area (Å²) in [6, 6.07) is 15.1. The van der Waals surface area contributed by atoms with Crippen molar-refractivity contribution in [3.8, 4) is 0 Å². The van der Waals surface area contributed by atoms with Crippen molar-refractivity contribution in [3.63, 3.8) is 0 Å². The fraction of sp³-hybridized carbons (Fsp3) is 0.389. The van der Waals surface area contributed by atoms with Gasteiger partial charge in [-0.3, -0.25) is 9.69 Å². The Bertz CT molecular complexity index is 667. The molecule has 0 spiro atoms. The van der Waals surface area contributed by atoms with E-state index in [0.717, 1.165) is 6.54 Å². The molecule has 3 rings (SSSR count). The number of aliphatic carboxylic acids is 1. The van der Waals surface area contributed by atoms with Crippen molar-refractivity contribution in [2.75, 3.05) is 13.1 Å². The highest BCUT2D eigenvalue weighted by Gasteiger charge is 2.36. The van der Waals surface area contributed by atoms with Gasteiger partial charge in [0.2, 0.25) is 0 Å². The van der Waals surface area contributed by atoms with E-state index >= 15 is 0 Å². The molecule has 3 nitrogen and oxygen atoms in total. The number of benzene rings is 2. The van der Waals surface area contributed by atoms with Crippen molar-refractivity contribution >= 4 is 16.7 Å². The number of nitrogens with zero attached hydrogens (tertiary/aromatic N) is 1. The van der Waals surface area contributed by atoms with Crippen LogP contribution in [-0.2, 0) is 4.79 Å². The first-order valence-corrected chi connectivity index (χ1v) is 7.52. The normalized spacial score (nSPS) is 24.3. The van der Waals surface area contributed by atoms with Gasteiger partial charge in [-0.05, 0) is 35.2 Å². The molecule has 0 amide bonds. The van der Waals surface area contributed by atoms with Crippen LogP contribution < -0.4 is 0 Å². The van der Waals surface area contributed by atoms with Crippen molar-refractivity contribution in [2.24, 2.45) is 11.8 Å². The van der Waals surface area contributed by atoms with Gasteiger partial charge in [0.25, 0.3) is 0 Å². The minimum Gasteiger partial charge on any atom is -0.481 e. The lowest BCUT2D eigenvalue weighted by atomic mass is 9.99. The molecule has 21 heavy (non-hydrogen) atoms. The number of carbonyl (C=O) groups is 1. The molecule has 1 saturated heterocycles. The Morgan fingerprint density at radius 2 is 1.90 bits per heavy atom. The molecular weight excluding hydrogens is 262 g/mol. The SMILES string of the molecule is CC(c1ccc2ccccc2c1)N1C[C@@H](C)[C@H](C(=O)O)C1. The first-order valence-electron chi connectivity index (χ1n) is 7.52. The number of carboxylic acids is 1. The summed E-state index contributed by atoms with van der Waals surface area (Å²) in [6.07, 6.45) is 0. The summed E-state index contributed by atoms with van der Waals surface area (Å²) in [7, 11) is 0. The third kappa shape index (κ3) is 2.66. The van der Waals surface area contributed by atoms with Gasteiger partial charge in [-0.15, -0.1) is 0 Å². The fourth-order valence-corrected chi connectivity index (χ4v) is 3.32. The minimum atomic E-state index is -0.671. The summed E-state index contributed by atoms with van der Waals surface area (Å²) in [5.74, 6) is -0.700. The smallest absolute Gasteiger partial charge is 0.308 e. The molecule has 0 bridgehead atoms. The zero-order valence-electron chi connectivity index (χ0n) is 12.5. The van der Waals surface area contributed by atoms with E-state index in [0.29, 0.717) is 6.54 Å². The molecule has 0 aliphatic carbocycles. The van der Waals surface area contributed by atoms with Crippen LogP contribution >= 0.6 is 0 Å². The average molecular weight is 283 g/mol. The van der Waals surface area contributed by atoms with Crippen LogP contribution in [0.1, 0.15) is 25.5 Å². The van der Waals surface area contributed by atoms with E-state index in [1.165, 1.54) is 16.3 Å². The molecule has 1 heterocycles. The molecule has 3 heteroatoms. The predicted octanol–water partition coefficient (Wildman–Crippen LogP) is 3.55. The van der Waals surface area contributed by atoms with E-state index in [1.807, 2.05) is 13.0 Å². The predicted molar refractivity (Wildman–Crippen MR) is 84.2 cm³/mol. The zero-order chi connectivity index (χ0) is 15.0. The number of hydrogen-bond acceptors (Lipinski definition) is 2. The summed E-state index contributed by atoms with van der Waals surface area (Å²) >= 11 is 0. The molecular formula is C18H21NO2. The van der Waals surface area contributed by atoms with Gasteiger partial charge < -0.3 is 5.11 Å². The van der Waals surface area contributed by atoms with Crippen LogP contribution in [0.5, 0.6) is 0 Å². The Morgan fingerprint density at radius 3 is 2.57 bits per heavy atom. The fourth-order valence-electron chi connectivity index (χ4n) is 3.32. The molecule has 0 radical (unpaired) electrons. The van der Waals surface area contributed by atoms with Crippen LogP contribution in [0, 0.1) is 11.8 Å². The van der Waals surface area contributed by atoms with E-state index in [9.17, 15) is 9.90 Å². The minimum absolute atomic E-state index is 0.213. The third-order valence-electron chi connectivity index (χ3n) is 4.76. The van der Waals surface area contributed by atoms with Crippen LogP contribution in [0.25, 0.3) is 10.8 Å². The number of rotatable bonds is 3. The van der Waals surface area contributed by atoms with Crippen molar-refractivity contribution in [1.82, 2.24) is 4.90 Å². The molecule has 1 N–H and O–H groups in total. The molecule has 1 aliphatic rings. The Hall–Kier alpha value is -1.87. The largest absolute Gasteiger partial charge is 0.481 e. The van der Waals surface area contributed by atoms with Gasteiger partial charge in [0.1, 0.15) is 0 Å². The highest BCUT2D eigenvalue weighted by atomic mass is 16.4. The second kappa shape index (κ2) is 5.49. The van der Waals surface area contributed by atoms with Gasteiger partial charge in [-0.25, -0.2) is 0 Å². The van der Waals surface area contributed by atoms with E-state index in [-0.39, 0.29) is 17.9 Å². The number of likely N-dealkylation sites (tertiary alicyclic amines) is 1. The number of hydrogen-bond donors (Lipinski definition) is 1. The molecule has 1 fully saturated rings. The molecule has 1 unspecified atom stereocenters. The van der Waals surface area contributed by atoms with Crippen molar-refractivity contribution in [3.05, 3.63) is 48.0 Å². The Labute approximate surface area is 125 Å². The highest BCUT2D eigenvalue weighted by Crippen LogP contribution is 2.32. The maximum Gasteiger partial charge on any atom is 0.308 e. The molecule has 1 aliphatic heterocycles. The Balaban J connectivity index is 1.84. The maximum absolute atomic E-state index is 11.3. The first kappa shape index (κ1) is 14.1. The van der Waals surface area contributed by atoms with Crippen molar-refractivity contribution in [2.45, 2.75) is 19.9 Å². The summed E-state index contributed by atoms with van der Waals surface area (Å²) in [6.45, 7) is 5.70. The second-order valence-electron chi connectivity index (χ2n) is 6.16. The lowest BCUT2D eigenvalue weighted by molar-refractivity contribution is -0.142. The highest BCUT2D eigenvalue weighted by molar-refractivity contribution is 5.83. The summed E-state index contributed by atoms with van der Waals surface area (Å²) in [5, 5.41) is 11.8. The number of fused-ring (bicyclic) bond motifs is 1. The van der Waals surface area contributed by atoms with Crippen LogP contribution in [0.2, 0.25) is 0 Å². The van der Waals surface area contributed by atoms with Crippen LogP contribution in [-0.4, -0.2) is 29.1 Å². The molecule has 3 atom stereocenters. The molecule has 2 aromatic carbocycles. The van der Waals surface area contributed by atoms with Crippen molar-refractivity contribution < 1.29 is 9.90 Å². The molecule has 0 aromatic heterocycles. The van der Waals surface area contributed by atoms with Crippen LogP contribution in [0.4, 0.5) is 0 Å². The van der Waals surface area contributed by atoms with Gasteiger partial charge in [0, 0.05) is 19.1 Å². The third-order valence-corrected chi connectivity index (χ3v) is 4.76. The maximum atomic E-state index is 11.3. The van der Waals surface area contributed by atoms with E-state index in [2.05, 4.69) is 48.2 Å². The lowest BCUT2D eigenvalue weighted by Gasteiger charge is -2.25. The topological polar surface area (TPSA) is 40.5 Å². The van der Waals surface area contributed by atoms with E-state index in [4.69, 9.17) is 0 Å². The zero-order valence-corrected chi connectivity index (χ0v) is 12.5. The summed E-state index contributed by atoms with van der Waals surface area (Å²) < 4.78 is 0. The van der Waals surface area contributed by atoms with Crippen LogP contribution in [0.3, 0.4) is 0 Å². The lowest BCUT2D eigenvalue weighted by Crippen LogP contribution is -2.26. The van der Waals surface area contributed by atoms with E-state index < -0.39 is 5.97 Å². The molecule has 110 valence electrons. The summed E-state index contributed by atoms with van der Waals surface area (Å²) in [4.78, 5) is 13.6. The van der Waals surface area contributed by atoms with Gasteiger partial charge in [0.15, 0.2) is 0 Å². The standard InChI is InChI=1S/C18H21NO2/c1-12-10-19(11-17(12)18(20)21)13(2)15-8-7-14-5-3-4-6-16(14)9-15/h3-9,12-13,17H,10-11H2,1-2H3,(H,20,21)/t12-,13?,17-/m1/s1. The van der Waals surface area contributed by atoms with Gasteiger partial charge >= 0.3 is 5.97 Å². The second-order valence-corrected chi connectivity index (χ2v) is 6.16. The molecule has 0 saturated carbocycles. The first-order chi connectivity index (χ1) is 10.1. The average Bonchev–Trinajstić information content (AvgIpc) is 2.88. The van der Waals surface area contributed by atoms with Gasteiger partial charge in [-0.2, -0.15) is 0 Å². The number of carboxylic acid groups (broad SMARTS) is 1.